The zero-order valence-electron chi connectivity index (χ0n) is 16.8. The molecular weight excluding hydrogens is 491 g/mol. The van der Waals surface area contributed by atoms with Gasteiger partial charge in [0, 0.05) is 16.1 Å². The second-order valence-electron chi connectivity index (χ2n) is 6.98. The molecule has 0 bridgehead atoms. The van der Waals surface area contributed by atoms with Gasteiger partial charge in [0.05, 0.1) is 16.2 Å². The Balaban J connectivity index is 1.59. The van der Waals surface area contributed by atoms with Crippen LogP contribution in [0.2, 0.25) is 5.02 Å². The smallest absolute Gasteiger partial charge is 0.416 e. The minimum absolute atomic E-state index is 0.0685. The van der Waals surface area contributed by atoms with Crippen molar-refractivity contribution in [1.82, 2.24) is 0 Å². The molecule has 168 valence electrons. The molecule has 0 aromatic heterocycles. The molecule has 1 aliphatic heterocycles. The van der Waals surface area contributed by atoms with Gasteiger partial charge in [0.1, 0.15) is 12.4 Å². The summed E-state index contributed by atoms with van der Waals surface area (Å²) in [7, 11) is 0. The highest BCUT2D eigenvalue weighted by molar-refractivity contribution is 8.27. The normalized spacial score (nSPS) is 15.4. The topological polar surface area (TPSA) is 29.5 Å². The van der Waals surface area contributed by atoms with Gasteiger partial charge in [-0.15, -0.1) is 0 Å². The van der Waals surface area contributed by atoms with Gasteiger partial charge in [-0.25, -0.2) is 0 Å². The van der Waals surface area contributed by atoms with Gasteiger partial charge in [-0.3, -0.25) is 9.69 Å². The first-order chi connectivity index (χ1) is 15.7. The molecule has 3 nitrogen and oxygen atoms in total. The van der Waals surface area contributed by atoms with Gasteiger partial charge in [0.25, 0.3) is 5.91 Å². The number of thiocarbonyl (C=S) groups is 1. The molecule has 3 aromatic carbocycles. The summed E-state index contributed by atoms with van der Waals surface area (Å²) in [4.78, 5) is 14.4. The summed E-state index contributed by atoms with van der Waals surface area (Å²) in [5.41, 5.74) is 0.661. The zero-order chi connectivity index (χ0) is 23.6. The van der Waals surface area contributed by atoms with E-state index >= 15 is 0 Å². The molecule has 1 aliphatic rings. The average molecular weight is 506 g/mol. The lowest BCUT2D eigenvalue weighted by Crippen LogP contribution is -2.27. The summed E-state index contributed by atoms with van der Waals surface area (Å²) in [5, 5.41) is 0.580. The van der Waals surface area contributed by atoms with Crippen molar-refractivity contribution in [3.63, 3.8) is 0 Å². The molecule has 1 heterocycles. The van der Waals surface area contributed by atoms with Crippen LogP contribution in [0.3, 0.4) is 0 Å². The van der Waals surface area contributed by atoms with E-state index in [0.29, 0.717) is 16.3 Å². The van der Waals surface area contributed by atoms with Crippen molar-refractivity contribution in [2.24, 2.45) is 0 Å². The van der Waals surface area contributed by atoms with E-state index in [1.165, 1.54) is 12.1 Å². The van der Waals surface area contributed by atoms with E-state index in [1.807, 2.05) is 18.2 Å². The third kappa shape index (κ3) is 5.24. The predicted octanol–water partition coefficient (Wildman–Crippen LogP) is 7.34. The van der Waals surface area contributed by atoms with Gasteiger partial charge in [-0.2, -0.15) is 13.2 Å². The number of benzene rings is 3. The van der Waals surface area contributed by atoms with E-state index < -0.39 is 17.6 Å². The summed E-state index contributed by atoms with van der Waals surface area (Å²) < 4.78 is 45.4. The van der Waals surface area contributed by atoms with Gasteiger partial charge in [0.15, 0.2) is 4.32 Å². The number of para-hydroxylation sites is 1. The fourth-order valence-electron chi connectivity index (χ4n) is 3.16. The molecule has 0 N–H and O–H groups in total. The van der Waals surface area contributed by atoms with Crippen molar-refractivity contribution in [3.05, 3.63) is 99.4 Å². The van der Waals surface area contributed by atoms with Crippen molar-refractivity contribution in [3.8, 4) is 5.75 Å². The van der Waals surface area contributed by atoms with E-state index in [9.17, 15) is 18.0 Å². The van der Waals surface area contributed by atoms with Crippen LogP contribution in [-0.2, 0) is 17.6 Å². The lowest BCUT2D eigenvalue weighted by molar-refractivity contribution is -0.137. The number of anilines is 1. The molecule has 0 radical (unpaired) electrons. The summed E-state index contributed by atoms with van der Waals surface area (Å²) in [6.45, 7) is 0.232. The quantitative estimate of drug-likeness (QED) is 0.268. The zero-order valence-corrected chi connectivity index (χ0v) is 19.2. The second-order valence-corrected chi connectivity index (χ2v) is 9.07. The van der Waals surface area contributed by atoms with Crippen molar-refractivity contribution >= 4 is 57.6 Å². The first kappa shape index (κ1) is 23.4. The average Bonchev–Trinajstić information content (AvgIpc) is 3.06. The van der Waals surface area contributed by atoms with Gasteiger partial charge < -0.3 is 4.74 Å². The number of hydrogen-bond donors (Lipinski definition) is 0. The molecule has 1 amide bonds. The molecule has 0 aliphatic carbocycles. The first-order valence-corrected chi connectivity index (χ1v) is 11.2. The fraction of sp³-hybridized carbons (Fsp3) is 0.0833. The highest BCUT2D eigenvalue weighted by atomic mass is 35.5. The van der Waals surface area contributed by atoms with Crippen LogP contribution in [0.1, 0.15) is 16.7 Å². The number of alkyl halides is 3. The molecule has 33 heavy (non-hydrogen) atoms. The maximum atomic E-state index is 13.1. The Labute approximate surface area is 202 Å². The van der Waals surface area contributed by atoms with Crippen molar-refractivity contribution in [2.45, 2.75) is 12.8 Å². The van der Waals surface area contributed by atoms with Crippen LogP contribution in [0.5, 0.6) is 5.75 Å². The molecular formula is C24H15ClF3NO2S2. The molecule has 9 heteroatoms. The Bertz CT molecular complexity index is 1260. The number of nitrogens with zero attached hydrogens (tertiary/aromatic N) is 1. The lowest BCUT2D eigenvalue weighted by atomic mass is 10.1. The molecule has 0 spiro atoms. The molecule has 3 aromatic rings. The molecule has 1 fully saturated rings. The Morgan fingerprint density at radius 3 is 2.52 bits per heavy atom. The number of halogens is 4. The maximum absolute atomic E-state index is 13.1. The Morgan fingerprint density at radius 2 is 1.76 bits per heavy atom. The summed E-state index contributed by atoms with van der Waals surface area (Å²) in [6, 6.07) is 19.0. The number of ether oxygens (including phenoxy) is 1. The number of rotatable bonds is 5. The third-order valence-electron chi connectivity index (χ3n) is 4.77. The monoisotopic (exact) mass is 505 g/mol. The van der Waals surface area contributed by atoms with Gasteiger partial charge in [-0.1, -0.05) is 78.0 Å². The lowest BCUT2D eigenvalue weighted by Gasteiger charge is -2.16. The minimum Gasteiger partial charge on any atom is -0.488 e. The van der Waals surface area contributed by atoms with Crippen molar-refractivity contribution in [1.29, 1.82) is 0 Å². The van der Waals surface area contributed by atoms with Crippen LogP contribution in [-0.4, -0.2) is 10.2 Å². The minimum atomic E-state index is -4.52. The second kappa shape index (κ2) is 9.59. The fourth-order valence-corrected chi connectivity index (χ4v) is 4.64. The van der Waals surface area contributed by atoms with Crippen LogP contribution in [0.15, 0.2) is 77.7 Å². The van der Waals surface area contributed by atoms with Crippen molar-refractivity contribution in [2.75, 3.05) is 4.90 Å². The molecule has 0 unspecified atom stereocenters. The van der Waals surface area contributed by atoms with Crippen LogP contribution < -0.4 is 9.64 Å². The summed E-state index contributed by atoms with van der Waals surface area (Å²) in [5.74, 6) is 0.0342. The predicted molar refractivity (Wildman–Crippen MR) is 129 cm³/mol. The molecule has 1 saturated heterocycles. The number of amides is 1. The standard InChI is InChI=1S/C24H15ClF3NO2S2/c25-19-10-3-1-7-16(19)14-31-20-11-4-2-6-15(20)12-21-22(30)29(23(32)33-21)18-9-5-8-17(13-18)24(26,27)28/h1-13H,14H2. The van der Waals surface area contributed by atoms with E-state index in [2.05, 4.69) is 0 Å². The highest BCUT2D eigenvalue weighted by Crippen LogP contribution is 2.39. The number of hydrogen-bond acceptors (Lipinski definition) is 4. The Kier molecular flexibility index (Phi) is 6.78. The Morgan fingerprint density at radius 1 is 1.03 bits per heavy atom. The highest BCUT2D eigenvalue weighted by Gasteiger charge is 2.36. The molecule has 4 rings (SSSR count). The number of carbonyl (C=O) groups is 1. The largest absolute Gasteiger partial charge is 0.488 e. The van der Waals surface area contributed by atoms with E-state index in [1.54, 1.807) is 36.4 Å². The van der Waals surface area contributed by atoms with Gasteiger partial charge >= 0.3 is 6.18 Å². The number of carbonyl (C=O) groups excluding carboxylic acids is 1. The van der Waals surface area contributed by atoms with Gasteiger partial charge in [0.2, 0.25) is 0 Å². The molecule has 0 atom stereocenters. The maximum Gasteiger partial charge on any atom is 0.416 e. The molecule has 0 saturated carbocycles. The third-order valence-corrected chi connectivity index (χ3v) is 6.44. The summed E-state index contributed by atoms with van der Waals surface area (Å²) in [6.07, 6.45) is -2.90. The van der Waals surface area contributed by atoms with Crippen LogP contribution in [0.25, 0.3) is 6.08 Å². The Hall–Kier alpha value is -2.81. The van der Waals surface area contributed by atoms with E-state index in [0.717, 1.165) is 34.4 Å². The van der Waals surface area contributed by atoms with Crippen molar-refractivity contribution < 1.29 is 22.7 Å². The summed E-state index contributed by atoms with van der Waals surface area (Å²) >= 11 is 12.5. The SMILES string of the molecule is O=C1C(=Cc2ccccc2OCc2ccccc2Cl)SC(=S)N1c1cccc(C(F)(F)F)c1. The number of thioether (sulfide) groups is 1. The van der Waals surface area contributed by atoms with E-state index in [4.69, 9.17) is 28.6 Å². The van der Waals surface area contributed by atoms with Gasteiger partial charge in [-0.05, 0) is 36.4 Å². The van der Waals surface area contributed by atoms with Crippen LogP contribution >= 0.6 is 35.6 Å². The first-order valence-electron chi connectivity index (χ1n) is 9.64. The van der Waals surface area contributed by atoms with Crippen LogP contribution in [0, 0.1) is 0 Å². The van der Waals surface area contributed by atoms with Crippen LogP contribution in [0.4, 0.5) is 18.9 Å². The van der Waals surface area contributed by atoms with E-state index in [-0.39, 0.29) is 21.5 Å².